The number of rotatable bonds is 5. The number of hydrogen-bond acceptors (Lipinski definition) is 5. The summed E-state index contributed by atoms with van der Waals surface area (Å²) in [5.41, 5.74) is 5.11. The van der Waals surface area contributed by atoms with E-state index in [2.05, 4.69) is 37.0 Å². The van der Waals surface area contributed by atoms with Crippen molar-refractivity contribution in [3.63, 3.8) is 0 Å². The normalized spacial score (nSPS) is 16.0. The van der Waals surface area contributed by atoms with Crippen molar-refractivity contribution in [2.24, 2.45) is 0 Å². The van der Waals surface area contributed by atoms with Crippen LogP contribution in [0.2, 0.25) is 0 Å². The Bertz CT molecular complexity index is 1040. The average molecular weight is 455 g/mol. The van der Waals surface area contributed by atoms with Gasteiger partial charge in [0.25, 0.3) is 0 Å². The van der Waals surface area contributed by atoms with Gasteiger partial charge in [0, 0.05) is 33.2 Å². The predicted octanol–water partition coefficient (Wildman–Crippen LogP) is 6.82. The van der Waals surface area contributed by atoms with Crippen molar-refractivity contribution in [2.45, 2.75) is 72.3 Å². The van der Waals surface area contributed by atoms with Crippen LogP contribution < -0.4 is 9.64 Å². The van der Waals surface area contributed by atoms with Crippen LogP contribution in [-0.2, 0) is 11.3 Å². The zero-order valence-corrected chi connectivity index (χ0v) is 21.2. The van der Waals surface area contributed by atoms with E-state index in [-0.39, 0.29) is 0 Å². The smallest absolute Gasteiger partial charge is 0.415 e. The summed E-state index contributed by atoms with van der Waals surface area (Å²) >= 11 is 1.88. The Morgan fingerprint density at radius 3 is 2.53 bits per heavy atom. The van der Waals surface area contributed by atoms with E-state index in [9.17, 15) is 4.79 Å². The average Bonchev–Trinajstić information content (AvgIpc) is 3.12. The molecule has 1 amide bonds. The number of aromatic nitrogens is 1. The molecule has 3 rings (SSSR count). The van der Waals surface area contributed by atoms with Gasteiger partial charge in [-0.1, -0.05) is 19.1 Å². The molecule has 6 heteroatoms. The number of methoxy groups -OCH3 is 1. The van der Waals surface area contributed by atoms with E-state index in [4.69, 9.17) is 9.47 Å². The van der Waals surface area contributed by atoms with E-state index in [0.717, 1.165) is 45.8 Å². The highest BCUT2D eigenvalue weighted by atomic mass is 32.2. The number of nitrogens with zero attached hydrogens (tertiary/aromatic N) is 2. The van der Waals surface area contributed by atoms with Crippen LogP contribution in [0.3, 0.4) is 0 Å². The van der Waals surface area contributed by atoms with Crippen LogP contribution in [-0.4, -0.2) is 29.0 Å². The number of carbonyl (C=O) groups is 1. The van der Waals surface area contributed by atoms with Crippen LogP contribution in [0.4, 0.5) is 10.5 Å². The molecule has 32 heavy (non-hydrogen) atoms. The summed E-state index contributed by atoms with van der Waals surface area (Å²) in [6.07, 6.45) is 4.74. The van der Waals surface area contributed by atoms with Crippen molar-refractivity contribution in [2.75, 3.05) is 12.0 Å². The highest BCUT2D eigenvalue weighted by Crippen LogP contribution is 2.40. The molecular weight excluding hydrogens is 420 g/mol. The van der Waals surface area contributed by atoms with Gasteiger partial charge in [-0.05, 0) is 71.2 Å². The number of allylic oxidation sites excluding steroid dienone is 1. The minimum atomic E-state index is -0.602. The van der Waals surface area contributed by atoms with E-state index in [1.165, 1.54) is 4.91 Å². The molecule has 0 radical (unpaired) electrons. The summed E-state index contributed by atoms with van der Waals surface area (Å²) in [4.78, 5) is 20.9. The Kier molecular flexibility index (Phi) is 7.23. The fraction of sp³-hybridized carbons (Fsp3) is 0.462. The number of anilines is 1. The molecule has 1 atom stereocenters. The maximum absolute atomic E-state index is 13.3. The van der Waals surface area contributed by atoms with Gasteiger partial charge < -0.3 is 9.47 Å². The van der Waals surface area contributed by atoms with Crippen molar-refractivity contribution >= 4 is 28.4 Å². The molecule has 5 nitrogen and oxygen atoms in total. The zero-order valence-electron chi connectivity index (χ0n) is 20.4. The topological polar surface area (TPSA) is 51.7 Å². The van der Waals surface area contributed by atoms with E-state index >= 15 is 0 Å². The molecule has 1 aromatic carbocycles. The summed E-state index contributed by atoms with van der Waals surface area (Å²) < 4.78 is 11.4. The molecule has 2 aromatic rings. The van der Waals surface area contributed by atoms with Gasteiger partial charge in [0.2, 0.25) is 0 Å². The Hall–Kier alpha value is -2.47. The van der Waals surface area contributed by atoms with E-state index in [1.807, 2.05) is 52.4 Å². The Balaban J connectivity index is 2.04. The number of thioether (sulfide) groups is 1. The van der Waals surface area contributed by atoms with Crippen LogP contribution in [0.15, 0.2) is 30.5 Å². The molecule has 0 aliphatic carbocycles. The van der Waals surface area contributed by atoms with Crippen molar-refractivity contribution in [3.05, 3.63) is 58.4 Å². The van der Waals surface area contributed by atoms with Gasteiger partial charge >= 0.3 is 6.09 Å². The quantitative estimate of drug-likeness (QED) is 0.496. The summed E-state index contributed by atoms with van der Waals surface area (Å²) in [5.74, 6) is 0.797. The van der Waals surface area contributed by atoms with Gasteiger partial charge in [0.1, 0.15) is 11.4 Å². The van der Waals surface area contributed by atoms with E-state index < -0.39 is 11.7 Å². The van der Waals surface area contributed by atoms with Gasteiger partial charge in [-0.3, -0.25) is 9.88 Å². The molecule has 0 spiro atoms. The standard InChI is InChI=1S/C26H34N2O3S/c1-16-11-20(23-10-9-18(3)32-23)13-21(12-16)28(25(29)31-26(5,6)7)15-22-19(4)24(30-8)17(2)14-27-22/h10-14,18H,9,15H2,1-8H3. The first kappa shape index (κ1) is 24.2. The molecule has 0 N–H and O–H groups in total. The lowest BCUT2D eigenvalue weighted by Gasteiger charge is -2.28. The second-order valence-electron chi connectivity index (χ2n) is 9.40. The summed E-state index contributed by atoms with van der Waals surface area (Å²) in [7, 11) is 1.66. The highest BCUT2D eigenvalue weighted by Gasteiger charge is 2.26. The number of amides is 1. The van der Waals surface area contributed by atoms with Crippen LogP contribution in [0.1, 0.15) is 62.1 Å². The summed E-state index contributed by atoms with van der Waals surface area (Å²) in [6.45, 7) is 14.2. The molecule has 0 bridgehead atoms. The fourth-order valence-corrected chi connectivity index (χ4v) is 4.86. The largest absolute Gasteiger partial charge is 0.496 e. The third kappa shape index (κ3) is 5.66. The molecule has 0 saturated heterocycles. The maximum Gasteiger partial charge on any atom is 0.415 e. The third-order valence-corrected chi connectivity index (χ3v) is 6.54. The maximum atomic E-state index is 13.3. The lowest BCUT2D eigenvalue weighted by molar-refractivity contribution is 0.0577. The Morgan fingerprint density at radius 2 is 1.94 bits per heavy atom. The minimum Gasteiger partial charge on any atom is -0.496 e. The number of carbonyl (C=O) groups excluding carboxylic acids is 1. The van der Waals surface area contributed by atoms with Crippen molar-refractivity contribution in [1.29, 1.82) is 0 Å². The lowest BCUT2D eigenvalue weighted by Crippen LogP contribution is -2.37. The van der Waals surface area contributed by atoms with Gasteiger partial charge in [-0.25, -0.2) is 4.79 Å². The summed E-state index contributed by atoms with van der Waals surface area (Å²) in [5, 5.41) is 0.572. The fourth-order valence-electron chi connectivity index (χ4n) is 3.79. The van der Waals surface area contributed by atoms with Crippen molar-refractivity contribution in [1.82, 2.24) is 4.98 Å². The molecule has 1 aliphatic heterocycles. The zero-order chi connectivity index (χ0) is 23.6. The number of hydrogen-bond donors (Lipinski definition) is 0. The molecular formula is C26H34N2O3S. The third-order valence-electron chi connectivity index (χ3n) is 5.29. The molecule has 0 fully saturated rings. The van der Waals surface area contributed by atoms with Crippen molar-refractivity contribution < 1.29 is 14.3 Å². The van der Waals surface area contributed by atoms with Gasteiger partial charge in [-0.2, -0.15) is 0 Å². The van der Waals surface area contributed by atoms with Gasteiger partial charge in [-0.15, -0.1) is 11.8 Å². The van der Waals surface area contributed by atoms with Crippen LogP contribution >= 0.6 is 11.8 Å². The first-order valence-corrected chi connectivity index (χ1v) is 11.8. The van der Waals surface area contributed by atoms with Crippen molar-refractivity contribution in [3.8, 4) is 5.75 Å². The van der Waals surface area contributed by atoms with Crippen LogP contribution in [0, 0.1) is 20.8 Å². The van der Waals surface area contributed by atoms with Crippen LogP contribution in [0.5, 0.6) is 5.75 Å². The highest BCUT2D eigenvalue weighted by molar-refractivity contribution is 8.09. The first-order valence-electron chi connectivity index (χ1n) is 11.0. The molecule has 2 heterocycles. The SMILES string of the molecule is COc1c(C)cnc(CN(C(=O)OC(C)(C)C)c2cc(C)cc(C3=CCC(C)S3)c2)c1C. The Labute approximate surface area is 196 Å². The number of pyridine rings is 1. The number of benzene rings is 1. The molecule has 1 unspecified atom stereocenters. The number of ether oxygens (including phenoxy) is 2. The molecule has 172 valence electrons. The second kappa shape index (κ2) is 9.57. The van der Waals surface area contributed by atoms with E-state index in [1.54, 1.807) is 18.2 Å². The molecule has 1 aliphatic rings. The minimum absolute atomic E-state index is 0.295. The first-order chi connectivity index (χ1) is 15.0. The van der Waals surface area contributed by atoms with Crippen LogP contribution in [0.25, 0.3) is 4.91 Å². The monoisotopic (exact) mass is 454 g/mol. The molecule has 0 saturated carbocycles. The number of aryl methyl sites for hydroxylation is 2. The summed E-state index contributed by atoms with van der Waals surface area (Å²) in [6, 6.07) is 6.28. The Morgan fingerprint density at radius 1 is 1.22 bits per heavy atom. The lowest BCUT2D eigenvalue weighted by atomic mass is 10.1. The predicted molar refractivity (Wildman–Crippen MR) is 134 cm³/mol. The molecule has 1 aromatic heterocycles. The van der Waals surface area contributed by atoms with Gasteiger partial charge in [0.15, 0.2) is 0 Å². The second-order valence-corrected chi connectivity index (χ2v) is 10.9. The van der Waals surface area contributed by atoms with Gasteiger partial charge in [0.05, 0.1) is 19.3 Å². The van der Waals surface area contributed by atoms with E-state index in [0.29, 0.717) is 11.8 Å².